The van der Waals surface area contributed by atoms with Crippen LogP contribution < -0.4 is 15.4 Å². The highest BCUT2D eigenvalue weighted by atomic mass is 16.5. The fraction of sp³-hybridized carbons (Fsp3) is 0.0800. The standard InChI is InChI=1S/C25H22N4O2/c1-17-6-3-7-18(14-17)24-26-13-12-23(29-24)27-20-9-4-8-19(15-20)25(30)28-21-10-5-11-22(16-21)31-2/h3-16H,1-2H3,(H,28,30)(H,26,27,29). The summed E-state index contributed by atoms with van der Waals surface area (Å²) in [5.74, 6) is 1.76. The van der Waals surface area contributed by atoms with Gasteiger partial charge in [0, 0.05) is 34.8 Å². The molecule has 0 unspecified atom stereocenters. The maximum absolute atomic E-state index is 12.7. The number of amides is 1. The topological polar surface area (TPSA) is 76.1 Å². The van der Waals surface area contributed by atoms with E-state index in [1.807, 2.05) is 61.5 Å². The van der Waals surface area contributed by atoms with Crippen molar-refractivity contribution in [1.82, 2.24) is 9.97 Å². The molecule has 0 aliphatic carbocycles. The maximum Gasteiger partial charge on any atom is 0.255 e. The van der Waals surface area contributed by atoms with Crippen molar-refractivity contribution in [2.24, 2.45) is 0 Å². The zero-order valence-corrected chi connectivity index (χ0v) is 17.3. The summed E-state index contributed by atoms with van der Waals surface area (Å²) < 4.78 is 5.20. The van der Waals surface area contributed by atoms with Crippen molar-refractivity contribution in [3.8, 4) is 17.1 Å². The average molecular weight is 410 g/mol. The van der Waals surface area contributed by atoms with Gasteiger partial charge in [-0.25, -0.2) is 9.97 Å². The lowest BCUT2D eigenvalue weighted by atomic mass is 10.1. The van der Waals surface area contributed by atoms with E-state index in [1.54, 1.807) is 37.6 Å². The minimum atomic E-state index is -0.208. The van der Waals surface area contributed by atoms with E-state index in [0.29, 0.717) is 28.6 Å². The van der Waals surface area contributed by atoms with Crippen molar-refractivity contribution in [3.63, 3.8) is 0 Å². The lowest BCUT2D eigenvalue weighted by Gasteiger charge is -2.10. The third-order valence-electron chi connectivity index (χ3n) is 4.66. The Morgan fingerprint density at radius 1 is 0.903 bits per heavy atom. The third kappa shape index (κ3) is 5.05. The fourth-order valence-electron chi connectivity index (χ4n) is 3.14. The van der Waals surface area contributed by atoms with Gasteiger partial charge in [-0.05, 0) is 49.4 Å². The van der Waals surface area contributed by atoms with Gasteiger partial charge >= 0.3 is 0 Å². The van der Waals surface area contributed by atoms with Crippen LogP contribution in [-0.2, 0) is 0 Å². The molecule has 1 amide bonds. The van der Waals surface area contributed by atoms with Gasteiger partial charge in [0.15, 0.2) is 5.82 Å². The Kier molecular flexibility index (Phi) is 5.89. The molecule has 0 radical (unpaired) electrons. The smallest absolute Gasteiger partial charge is 0.255 e. The van der Waals surface area contributed by atoms with E-state index in [4.69, 9.17) is 4.74 Å². The van der Waals surface area contributed by atoms with Gasteiger partial charge in [-0.1, -0.05) is 35.9 Å². The van der Waals surface area contributed by atoms with Gasteiger partial charge in [0.1, 0.15) is 11.6 Å². The van der Waals surface area contributed by atoms with Crippen molar-refractivity contribution >= 4 is 23.1 Å². The average Bonchev–Trinajstić information content (AvgIpc) is 2.79. The molecule has 0 fully saturated rings. The molecule has 0 atom stereocenters. The molecule has 4 rings (SSSR count). The molecule has 0 spiro atoms. The molecule has 4 aromatic rings. The Labute approximate surface area is 181 Å². The van der Waals surface area contributed by atoms with E-state index in [1.165, 1.54) is 0 Å². The second kappa shape index (κ2) is 9.09. The molecule has 154 valence electrons. The zero-order valence-electron chi connectivity index (χ0n) is 17.3. The van der Waals surface area contributed by atoms with Gasteiger partial charge in [0.2, 0.25) is 0 Å². The predicted octanol–water partition coefficient (Wildman–Crippen LogP) is 5.46. The number of carbonyl (C=O) groups excluding carboxylic acids is 1. The Morgan fingerprint density at radius 3 is 2.55 bits per heavy atom. The number of aryl methyl sites for hydroxylation is 1. The highest BCUT2D eigenvalue weighted by Crippen LogP contribution is 2.22. The van der Waals surface area contributed by atoms with E-state index in [0.717, 1.165) is 16.8 Å². The lowest BCUT2D eigenvalue weighted by Crippen LogP contribution is -2.12. The first-order valence-corrected chi connectivity index (χ1v) is 9.83. The van der Waals surface area contributed by atoms with Crippen LogP contribution in [0.2, 0.25) is 0 Å². The van der Waals surface area contributed by atoms with Gasteiger partial charge in [0.25, 0.3) is 5.91 Å². The summed E-state index contributed by atoms with van der Waals surface area (Å²) in [6.07, 6.45) is 1.71. The first kappa shape index (κ1) is 20.1. The quantitative estimate of drug-likeness (QED) is 0.442. The first-order chi connectivity index (χ1) is 15.1. The highest BCUT2D eigenvalue weighted by molar-refractivity contribution is 6.05. The minimum absolute atomic E-state index is 0.208. The van der Waals surface area contributed by atoms with Crippen molar-refractivity contribution in [2.45, 2.75) is 6.92 Å². The number of hydrogen-bond donors (Lipinski definition) is 2. The molecule has 0 bridgehead atoms. The number of ether oxygens (including phenoxy) is 1. The van der Waals surface area contributed by atoms with Crippen molar-refractivity contribution in [3.05, 3.63) is 96.2 Å². The molecule has 2 N–H and O–H groups in total. The highest BCUT2D eigenvalue weighted by Gasteiger charge is 2.09. The number of anilines is 3. The molecule has 0 saturated heterocycles. The molecular weight excluding hydrogens is 388 g/mol. The Bertz CT molecular complexity index is 1220. The molecular formula is C25H22N4O2. The summed E-state index contributed by atoms with van der Waals surface area (Å²) in [6.45, 7) is 2.04. The molecule has 0 saturated carbocycles. The van der Waals surface area contributed by atoms with E-state index >= 15 is 0 Å². The van der Waals surface area contributed by atoms with Gasteiger partial charge in [-0.15, -0.1) is 0 Å². The molecule has 0 aliphatic rings. The molecule has 6 nitrogen and oxygen atoms in total. The van der Waals surface area contributed by atoms with Crippen LogP contribution in [-0.4, -0.2) is 23.0 Å². The van der Waals surface area contributed by atoms with E-state index in [-0.39, 0.29) is 5.91 Å². The molecule has 31 heavy (non-hydrogen) atoms. The molecule has 3 aromatic carbocycles. The van der Waals surface area contributed by atoms with Crippen LogP contribution in [0.5, 0.6) is 5.75 Å². The van der Waals surface area contributed by atoms with E-state index in [2.05, 4.69) is 20.6 Å². The molecule has 1 heterocycles. The number of nitrogens with zero attached hydrogens (tertiary/aromatic N) is 2. The van der Waals surface area contributed by atoms with Crippen LogP contribution in [0, 0.1) is 6.92 Å². The van der Waals surface area contributed by atoms with Crippen molar-refractivity contribution in [1.29, 1.82) is 0 Å². The van der Waals surface area contributed by atoms with Crippen molar-refractivity contribution < 1.29 is 9.53 Å². The first-order valence-electron chi connectivity index (χ1n) is 9.83. The van der Waals surface area contributed by atoms with Gasteiger partial charge < -0.3 is 15.4 Å². The summed E-state index contributed by atoms with van der Waals surface area (Å²) in [7, 11) is 1.59. The Morgan fingerprint density at radius 2 is 1.71 bits per heavy atom. The van der Waals surface area contributed by atoms with Crippen LogP contribution in [0.1, 0.15) is 15.9 Å². The molecule has 1 aromatic heterocycles. The van der Waals surface area contributed by atoms with Crippen LogP contribution in [0.4, 0.5) is 17.2 Å². The van der Waals surface area contributed by atoms with E-state index < -0.39 is 0 Å². The summed E-state index contributed by atoms with van der Waals surface area (Å²) in [5, 5.41) is 6.14. The van der Waals surface area contributed by atoms with Crippen LogP contribution in [0.25, 0.3) is 11.4 Å². The second-order valence-corrected chi connectivity index (χ2v) is 7.03. The SMILES string of the molecule is COc1cccc(NC(=O)c2cccc(Nc3ccnc(-c4cccc(C)c4)n3)c2)c1. The van der Waals surface area contributed by atoms with Crippen LogP contribution in [0.15, 0.2) is 85.1 Å². The number of aromatic nitrogens is 2. The zero-order chi connectivity index (χ0) is 21.6. The largest absolute Gasteiger partial charge is 0.497 e. The number of benzene rings is 3. The number of rotatable bonds is 6. The lowest BCUT2D eigenvalue weighted by molar-refractivity contribution is 0.102. The summed E-state index contributed by atoms with van der Waals surface area (Å²) >= 11 is 0. The second-order valence-electron chi connectivity index (χ2n) is 7.03. The molecule has 6 heteroatoms. The van der Waals surface area contributed by atoms with E-state index in [9.17, 15) is 4.79 Å². The van der Waals surface area contributed by atoms with Gasteiger partial charge in [0.05, 0.1) is 7.11 Å². The Hall–Kier alpha value is -4.19. The Balaban J connectivity index is 1.51. The summed E-state index contributed by atoms with van der Waals surface area (Å²) in [6, 6.07) is 24.3. The van der Waals surface area contributed by atoms with Crippen LogP contribution in [0.3, 0.4) is 0 Å². The number of hydrogen-bond acceptors (Lipinski definition) is 5. The maximum atomic E-state index is 12.7. The fourth-order valence-corrected chi connectivity index (χ4v) is 3.14. The number of carbonyl (C=O) groups is 1. The predicted molar refractivity (Wildman–Crippen MR) is 123 cm³/mol. The van der Waals surface area contributed by atoms with Gasteiger partial charge in [-0.3, -0.25) is 4.79 Å². The monoisotopic (exact) mass is 410 g/mol. The summed E-state index contributed by atoms with van der Waals surface area (Å²) in [4.78, 5) is 21.7. The van der Waals surface area contributed by atoms with Gasteiger partial charge in [-0.2, -0.15) is 0 Å². The molecule has 0 aliphatic heterocycles. The number of nitrogens with one attached hydrogen (secondary N) is 2. The summed E-state index contributed by atoms with van der Waals surface area (Å²) in [5.41, 5.74) is 4.05. The van der Waals surface area contributed by atoms with Crippen molar-refractivity contribution in [2.75, 3.05) is 17.7 Å². The normalized spacial score (nSPS) is 10.4. The minimum Gasteiger partial charge on any atom is -0.497 e. The number of methoxy groups -OCH3 is 1. The third-order valence-corrected chi connectivity index (χ3v) is 4.66. The van der Waals surface area contributed by atoms with Crippen LogP contribution >= 0.6 is 0 Å².